The number of ketones is 1. The number of carbonyl (C=O) groups excluding carboxylic acids is 1. The summed E-state index contributed by atoms with van der Waals surface area (Å²) in [5.74, 6) is 1.01. The number of fused-ring (bicyclic) bond motifs is 1. The molecule has 114 valence electrons. The van der Waals surface area contributed by atoms with Crippen molar-refractivity contribution < 1.29 is 9.53 Å². The number of Topliss-reactive ketones (excluding diaryl/α,β-unsaturated/α-hetero) is 1. The summed E-state index contributed by atoms with van der Waals surface area (Å²) in [7, 11) is 1.65. The Hall–Kier alpha value is -1.72. The van der Waals surface area contributed by atoms with Gasteiger partial charge in [-0.1, -0.05) is 19.1 Å². The van der Waals surface area contributed by atoms with Crippen molar-refractivity contribution in [2.75, 3.05) is 26.8 Å². The van der Waals surface area contributed by atoms with E-state index in [0.717, 1.165) is 29.8 Å². The van der Waals surface area contributed by atoms with Crippen LogP contribution >= 0.6 is 0 Å². The van der Waals surface area contributed by atoms with Crippen LogP contribution in [0, 0.1) is 0 Å². The number of para-hydroxylation sites is 2. The number of methoxy groups -OCH3 is 1. The van der Waals surface area contributed by atoms with Gasteiger partial charge in [0.1, 0.15) is 5.82 Å². The standard InChI is InChI=1S/C16H23N3O2/c1-3-9-19-15-7-5-4-6-14(15)18-16(19)11-13(20)12-17-8-10-21-2/h4-7,17H,3,8-12H2,1-2H3. The Balaban J connectivity index is 2.06. The molecule has 1 aromatic heterocycles. The predicted molar refractivity (Wildman–Crippen MR) is 83.5 cm³/mol. The lowest BCUT2D eigenvalue weighted by Gasteiger charge is -2.07. The average Bonchev–Trinajstić information content (AvgIpc) is 2.82. The molecule has 0 saturated heterocycles. The summed E-state index contributed by atoms with van der Waals surface area (Å²) in [5.41, 5.74) is 2.07. The quantitative estimate of drug-likeness (QED) is 0.715. The summed E-state index contributed by atoms with van der Waals surface area (Å²) in [4.78, 5) is 16.7. The van der Waals surface area contributed by atoms with E-state index in [-0.39, 0.29) is 5.78 Å². The third-order valence-corrected chi connectivity index (χ3v) is 3.34. The number of rotatable bonds is 9. The summed E-state index contributed by atoms with van der Waals surface area (Å²) in [6.45, 7) is 4.68. The molecule has 0 aliphatic carbocycles. The topological polar surface area (TPSA) is 56.2 Å². The first-order valence-corrected chi connectivity index (χ1v) is 7.41. The summed E-state index contributed by atoms with van der Waals surface area (Å²) in [6, 6.07) is 8.03. The Kier molecular flexibility index (Phi) is 5.90. The second kappa shape index (κ2) is 7.90. The first kappa shape index (κ1) is 15.7. The molecular weight excluding hydrogens is 266 g/mol. The Morgan fingerprint density at radius 2 is 2.19 bits per heavy atom. The van der Waals surface area contributed by atoms with Crippen LogP contribution < -0.4 is 5.32 Å². The molecule has 21 heavy (non-hydrogen) atoms. The normalized spacial score (nSPS) is 11.1. The van der Waals surface area contributed by atoms with Crippen LogP contribution in [0.1, 0.15) is 19.2 Å². The van der Waals surface area contributed by atoms with Gasteiger partial charge in [-0.25, -0.2) is 4.98 Å². The molecule has 0 bridgehead atoms. The average molecular weight is 289 g/mol. The highest BCUT2D eigenvalue weighted by atomic mass is 16.5. The fraction of sp³-hybridized carbons (Fsp3) is 0.500. The van der Waals surface area contributed by atoms with Gasteiger partial charge < -0.3 is 14.6 Å². The summed E-state index contributed by atoms with van der Waals surface area (Å²) < 4.78 is 7.10. The Morgan fingerprint density at radius 3 is 2.95 bits per heavy atom. The molecule has 0 unspecified atom stereocenters. The van der Waals surface area contributed by atoms with E-state index in [0.29, 0.717) is 26.1 Å². The van der Waals surface area contributed by atoms with Gasteiger partial charge in [0, 0.05) is 20.2 Å². The van der Waals surface area contributed by atoms with Crippen molar-refractivity contribution in [3.8, 4) is 0 Å². The molecule has 0 saturated carbocycles. The first-order chi connectivity index (χ1) is 10.3. The number of aryl methyl sites for hydroxylation is 1. The third kappa shape index (κ3) is 4.12. The molecule has 5 nitrogen and oxygen atoms in total. The molecule has 0 amide bonds. The van der Waals surface area contributed by atoms with Crippen LogP contribution in [0.25, 0.3) is 11.0 Å². The first-order valence-electron chi connectivity index (χ1n) is 7.41. The lowest BCUT2D eigenvalue weighted by molar-refractivity contribution is -0.117. The van der Waals surface area contributed by atoms with Crippen LogP contribution in [0.2, 0.25) is 0 Å². The Bertz CT molecular complexity index is 592. The second-order valence-electron chi connectivity index (χ2n) is 5.05. The van der Waals surface area contributed by atoms with Crippen molar-refractivity contribution in [2.45, 2.75) is 26.3 Å². The highest BCUT2D eigenvalue weighted by Crippen LogP contribution is 2.17. The molecule has 0 atom stereocenters. The third-order valence-electron chi connectivity index (χ3n) is 3.34. The van der Waals surface area contributed by atoms with Crippen molar-refractivity contribution in [2.24, 2.45) is 0 Å². The van der Waals surface area contributed by atoms with Gasteiger partial charge in [0.2, 0.25) is 0 Å². The van der Waals surface area contributed by atoms with Crippen molar-refractivity contribution in [1.82, 2.24) is 14.9 Å². The van der Waals surface area contributed by atoms with Gasteiger partial charge in [-0.05, 0) is 18.6 Å². The fourth-order valence-corrected chi connectivity index (χ4v) is 2.37. The van der Waals surface area contributed by atoms with Gasteiger partial charge in [0.05, 0.1) is 30.6 Å². The zero-order valence-corrected chi connectivity index (χ0v) is 12.8. The number of hydrogen-bond acceptors (Lipinski definition) is 4. The monoisotopic (exact) mass is 289 g/mol. The number of nitrogens with zero attached hydrogens (tertiary/aromatic N) is 2. The molecule has 5 heteroatoms. The Labute approximate surface area is 125 Å². The number of carbonyl (C=O) groups is 1. The highest BCUT2D eigenvalue weighted by Gasteiger charge is 2.13. The minimum absolute atomic E-state index is 0.152. The van der Waals surface area contributed by atoms with Gasteiger partial charge in [0.25, 0.3) is 0 Å². The van der Waals surface area contributed by atoms with Crippen LogP contribution in [-0.2, 0) is 22.5 Å². The zero-order valence-electron chi connectivity index (χ0n) is 12.8. The molecule has 2 rings (SSSR count). The summed E-state index contributed by atoms with van der Waals surface area (Å²) in [5, 5.41) is 3.08. The van der Waals surface area contributed by atoms with Crippen molar-refractivity contribution in [3.63, 3.8) is 0 Å². The molecule has 0 aliphatic heterocycles. The molecule has 0 fully saturated rings. The van der Waals surface area contributed by atoms with E-state index < -0.39 is 0 Å². The molecule has 1 heterocycles. The highest BCUT2D eigenvalue weighted by molar-refractivity contribution is 5.84. The molecule has 0 radical (unpaired) electrons. The maximum atomic E-state index is 12.1. The number of hydrogen-bond donors (Lipinski definition) is 1. The van der Waals surface area contributed by atoms with Crippen molar-refractivity contribution in [1.29, 1.82) is 0 Å². The van der Waals surface area contributed by atoms with E-state index in [1.165, 1.54) is 0 Å². The van der Waals surface area contributed by atoms with Gasteiger partial charge in [0.15, 0.2) is 5.78 Å². The smallest absolute Gasteiger partial charge is 0.154 e. The van der Waals surface area contributed by atoms with Crippen LogP contribution in [-0.4, -0.2) is 42.1 Å². The Morgan fingerprint density at radius 1 is 1.38 bits per heavy atom. The molecule has 2 aromatic rings. The van der Waals surface area contributed by atoms with Crippen LogP contribution in [0.4, 0.5) is 0 Å². The van der Waals surface area contributed by atoms with Gasteiger partial charge in [-0.2, -0.15) is 0 Å². The maximum absolute atomic E-state index is 12.1. The van der Waals surface area contributed by atoms with Gasteiger partial charge in [-0.3, -0.25) is 4.79 Å². The number of benzene rings is 1. The van der Waals surface area contributed by atoms with E-state index in [9.17, 15) is 4.79 Å². The minimum Gasteiger partial charge on any atom is -0.383 e. The molecule has 1 aromatic carbocycles. The van der Waals surface area contributed by atoms with Gasteiger partial charge >= 0.3 is 0 Å². The number of aromatic nitrogens is 2. The summed E-state index contributed by atoms with van der Waals surface area (Å²) >= 11 is 0. The largest absolute Gasteiger partial charge is 0.383 e. The van der Waals surface area contributed by atoms with E-state index >= 15 is 0 Å². The van der Waals surface area contributed by atoms with Crippen molar-refractivity contribution >= 4 is 16.8 Å². The minimum atomic E-state index is 0.152. The molecular formula is C16H23N3O2. The van der Waals surface area contributed by atoms with Crippen molar-refractivity contribution in [3.05, 3.63) is 30.1 Å². The van der Waals surface area contributed by atoms with Gasteiger partial charge in [-0.15, -0.1) is 0 Å². The lowest BCUT2D eigenvalue weighted by atomic mass is 10.2. The zero-order chi connectivity index (χ0) is 15.1. The fourth-order valence-electron chi connectivity index (χ4n) is 2.37. The molecule has 0 aliphatic rings. The predicted octanol–water partition coefficient (Wildman–Crippen LogP) is 1.79. The lowest BCUT2D eigenvalue weighted by Crippen LogP contribution is -2.28. The second-order valence-corrected chi connectivity index (χ2v) is 5.05. The van der Waals surface area contributed by atoms with E-state index in [4.69, 9.17) is 4.74 Å². The molecule has 0 spiro atoms. The summed E-state index contributed by atoms with van der Waals surface area (Å²) in [6.07, 6.45) is 1.39. The van der Waals surface area contributed by atoms with Crippen LogP contribution in [0.15, 0.2) is 24.3 Å². The number of ether oxygens (including phenoxy) is 1. The maximum Gasteiger partial charge on any atom is 0.154 e. The van der Waals surface area contributed by atoms with Crippen LogP contribution in [0.3, 0.4) is 0 Å². The van der Waals surface area contributed by atoms with E-state index in [1.54, 1.807) is 7.11 Å². The number of nitrogens with one attached hydrogen (secondary N) is 1. The van der Waals surface area contributed by atoms with Crippen LogP contribution in [0.5, 0.6) is 0 Å². The molecule has 1 N–H and O–H groups in total. The van der Waals surface area contributed by atoms with E-state index in [1.807, 2.05) is 18.2 Å². The van der Waals surface area contributed by atoms with E-state index in [2.05, 4.69) is 27.9 Å². The number of imidazole rings is 1. The SMILES string of the molecule is CCCn1c(CC(=O)CNCCOC)nc2ccccc21.